The van der Waals surface area contributed by atoms with Crippen LogP contribution in [0.3, 0.4) is 0 Å². The van der Waals surface area contributed by atoms with Crippen LogP contribution in [0.1, 0.15) is 25.7 Å². The lowest BCUT2D eigenvalue weighted by Crippen LogP contribution is -2.28. The minimum Gasteiger partial charge on any atom is -0.287 e. The second-order valence-electron chi connectivity index (χ2n) is 12.1. The molecule has 0 aromatic heterocycles. The Morgan fingerprint density at radius 1 is 0.457 bits per heavy atom. The van der Waals surface area contributed by atoms with Gasteiger partial charge in [-0.15, -0.1) is 0 Å². The first kappa shape index (κ1) is 30.7. The summed E-state index contributed by atoms with van der Waals surface area (Å²) in [5, 5.41) is 5.61. The molecule has 0 saturated heterocycles. The van der Waals surface area contributed by atoms with E-state index in [-0.39, 0.29) is 12.1 Å². The molecule has 4 heteroatoms. The van der Waals surface area contributed by atoms with Crippen molar-refractivity contribution in [2.75, 3.05) is 0 Å². The standard InChI is InChI=1S/C42H40N2P2/c1-5-19-35(20-6-1)45(36-21-7-2-8-22-36)41-29-15-17-33(41)31-43-39-27-13-14-28-40(39)44-32-34-18-16-30-42(34)46(37-23-9-3-10-24-37)38-25-11-4-12-26-38/h1-12,15-26,29-32,39-42H,13-14,27-28H2/t39-,40-,41-,42-/m0/s1. The van der Waals surface area contributed by atoms with Crippen molar-refractivity contribution in [2.24, 2.45) is 9.98 Å². The number of hydrogen-bond acceptors (Lipinski definition) is 2. The number of benzene rings is 4. The van der Waals surface area contributed by atoms with E-state index in [1.807, 2.05) is 0 Å². The molecule has 0 bridgehead atoms. The first-order valence-electron chi connectivity index (χ1n) is 16.5. The van der Waals surface area contributed by atoms with Gasteiger partial charge >= 0.3 is 0 Å². The van der Waals surface area contributed by atoms with E-state index in [1.54, 1.807) is 0 Å². The number of rotatable bonds is 10. The lowest BCUT2D eigenvalue weighted by atomic mass is 9.91. The van der Waals surface area contributed by atoms with Gasteiger partial charge in [-0.2, -0.15) is 0 Å². The fourth-order valence-electron chi connectivity index (χ4n) is 6.77. The highest BCUT2D eigenvalue weighted by Gasteiger charge is 2.30. The minimum atomic E-state index is -0.583. The molecule has 46 heavy (non-hydrogen) atoms. The van der Waals surface area contributed by atoms with Crippen LogP contribution in [0.5, 0.6) is 0 Å². The van der Waals surface area contributed by atoms with Gasteiger partial charge in [-0.25, -0.2) is 0 Å². The van der Waals surface area contributed by atoms with Crippen molar-refractivity contribution in [1.82, 2.24) is 0 Å². The van der Waals surface area contributed by atoms with Crippen LogP contribution in [0.15, 0.2) is 179 Å². The maximum absolute atomic E-state index is 5.29. The van der Waals surface area contributed by atoms with E-state index in [0.717, 1.165) is 12.8 Å². The summed E-state index contributed by atoms with van der Waals surface area (Å²) in [7, 11) is -1.17. The van der Waals surface area contributed by atoms with E-state index in [4.69, 9.17) is 9.98 Å². The smallest absolute Gasteiger partial charge is 0.0723 e. The zero-order valence-corrected chi connectivity index (χ0v) is 27.9. The summed E-state index contributed by atoms with van der Waals surface area (Å²) in [6.07, 6.45) is 22.7. The highest BCUT2D eigenvalue weighted by molar-refractivity contribution is 7.74. The van der Waals surface area contributed by atoms with Crippen LogP contribution in [0, 0.1) is 0 Å². The fourth-order valence-corrected chi connectivity index (χ4v) is 12.1. The van der Waals surface area contributed by atoms with Crippen molar-refractivity contribution in [2.45, 2.75) is 49.1 Å². The van der Waals surface area contributed by atoms with Crippen LogP contribution >= 0.6 is 15.8 Å². The third-order valence-corrected chi connectivity index (χ3v) is 14.5. The zero-order valence-electron chi connectivity index (χ0n) is 26.1. The van der Waals surface area contributed by atoms with Gasteiger partial charge in [-0.1, -0.05) is 171 Å². The third kappa shape index (κ3) is 7.05. The first-order chi connectivity index (χ1) is 22.8. The van der Waals surface area contributed by atoms with Crippen molar-refractivity contribution in [3.63, 3.8) is 0 Å². The average molecular weight is 635 g/mol. The van der Waals surface area contributed by atoms with E-state index < -0.39 is 15.8 Å². The molecule has 0 N–H and O–H groups in total. The van der Waals surface area contributed by atoms with E-state index in [1.165, 1.54) is 45.2 Å². The summed E-state index contributed by atoms with van der Waals surface area (Å²) in [5.74, 6) is 0. The van der Waals surface area contributed by atoms with Gasteiger partial charge in [-0.3, -0.25) is 9.98 Å². The van der Waals surface area contributed by atoms with E-state index in [2.05, 4.69) is 170 Å². The Kier molecular flexibility index (Phi) is 10.1. The third-order valence-electron chi connectivity index (χ3n) is 9.07. The summed E-state index contributed by atoms with van der Waals surface area (Å²) in [6, 6.07) is 44.5. The molecule has 3 aliphatic carbocycles. The summed E-state index contributed by atoms with van der Waals surface area (Å²) >= 11 is 0. The Morgan fingerprint density at radius 3 is 1.11 bits per heavy atom. The van der Waals surface area contributed by atoms with Gasteiger partial charge in [0.1, 0.15) is 0 Å². The Hall–Kier alpha value is -3.96. The topological polar surface area (TPSA) is 24.7 Å². The largest absolute Gasteiger partial charge is 0.287 e. The quantitative estimate of drug-likeness (QED) is 0.124. The lowest BCUT2D eigenvalue weighted by molar-refractivity contribution is 0.390. The molecular formula is C42H40N2P2. The molecule has 0 unspecified atom stereocenters. The molecule has 0 radical (unpaired) electrons. The van der Waals surface area contributed by atoms with E-state index in [0.29, 0.717) is 11.3 Å². The van der Waals surface area contributed by atoms with Gasteiger partial charge in [-0.05, 0) is 61.0 Å². The van der Waals surface area contributed by atoms with Crippen molar-refractivity contribution in [3.05, 3.63) is 169 Å². The molecule has 1 saturated carbocycles. The maximum Gasteiger partial charge on any atom is 0.0723 e. The zero-order chi connectivity index (χ0) is 31.0. The van der Waals surface area contributed by atoms with Gasteiger partial charge in [0.15, 0.2) is 0 Å². The molecule has 0 heterocycles. The molecule has 3 aliphatic rings. The van der Waals surface area contributed by atoms with E-state index >= 15 is 0 Å². The highest BCUT2D eigenvalue weighted by atomic mass is 31.1. The SMILES string of the molecule is C1=C[C@H](P(c2ccccc2)c2ccccc2)C(C=N[C@H]2CCCC[C@@H]2N=CC2=CC=C[C@@H]2P(c2ccccc2)c2ccccc2)=C1. The van der Waals surface area contributed by atoms with Crippen LogP contribution < -0.4 is 21.2 Å². The number of hydrogen-bond donors (Lipinski definition) is 0. The van der Waals surface area contributed by atoms with Gasteiger partial charge in [0.2, 0.25) is 0 Å². The first-order valence-corrected chi connectivity index (χ1v) is 19.3. The number of aliphatic imine (C=N–C) groups is 2. The second-order valence-corrected chi connectivity index (χ2v) is 16.7. The highest BCUT2D eigenvalue weighted by Crippen LogP contribution is 2.46. The van der Waals surface area contributed by atoms with Gasteiger partial charge < -0.3 is 0 Å². The molecular weight excluding hydrogens is 594 g/mol. The second kappa shape index (κ2) is 15.1. The maximum atomic E-state index is 5.29. The predicted octanol–water partition coefficient (Wildman–Crippen LogP) is 8.43. The van der Waals surface area contributed by atoms with E-state index in [9.17, 15) is 0 Å². The Labute approximate surface area is 276 Å². The molecule has 7 rings (SSSR count). The average Bonchev–Trinajstić information content (AvgIpc) is 3.79. The molecule has 4 aromatic rings. The molecule has 1 fully saturated rings. The lowest BCUT2D eigenvalue weighted by Gasteiger charge is -2.28. The molecule has 0 aliphatic heterocycles. The molecule has 0 spiro atoms. The van der Waals surface area contributed by atoms with Crippen LogP contribution in [-0.4, -0.2) is 35.8 Å². The van der Waals surface area contributed by atoms with Crippen LogP contribution in [0.4, 0.5) is 0 Å². The Bertz CT molecular complexity index is 1550. The number of allylic oxidation sites excluding steroid dienone is 8. The van der Waals surface area contributed by atoms with Crippen LogP contribution in [-0.2, 0) is 0 Å². The van der Waals surface area contributed by atoms with Crippen molar-refractivity contribution < 1.29 is 0 Å². The van der Waals surface area contributed by atoms with Crippen molar-refractivity contribution in [1.29, 1.82) is 0 Å². The normalized spacial score (nSPS) is 22.7. The van der Waals surface area contributed by atoms with Crippen LogP contribution in [0.25, 0.3) is 0 Å². The summed E-state index contributed by atoms with van der Waals surface area (Å²) in [5.41, 5.74) is 3.26. The van der Waals surface area contributed by atoms with Crippen molar-refractivity contribution in [3.8, 4) is 0 Å². The monoisotopic (exact) mass is 634 g/mol. The summed E-state index contributed by atoms with van der Waals surface area (Å²) in [4.78, 5) is 10.6. The summed E-state index contributed by atoms with van der Waals surface area (Å²) < 4.78 is 0. The molecule has 2 nitrogen and oxygen atoms in total. The molecule has 228 valence electrons. The van der Waals surface area contributed by atoms with Gasteiger partial charge in [0.05, 0.1) is 12.1 Å². The minimum absolute atomic E-state index is 0.213. The van der Waals surface area contributed by atoms with Gasteiger partial charge in [0, 0.05) is 23.7 Å². The van der Waals surface area contributed by atoms with Crippen LogP contribution in [0.2, 0.25) is 0 Å². The molecule has 4 atom stereocenters. The Morgan fingerprint density at radius 2 is 0.783 bits per heavy atom. The number of nitrogens with zero attached hydrogens (tertiary/aromatic N) is 2. The Balaban J connectivity index is 1.10. The van der Waals surface area contributed by atoms with Crippen molar-refractivity contribution >= 4 is 49.5 Å². The predicted molar refractivity (Wildman–Crippen MR) is 203 cm³/mol. The summed E-state index contributed by atoms with van der Waals surface area (Å²) in [6.45, 7) is 0. The fraction of sp³-hybridized carbons (Fsp3) is 0.190. The molecule has 0 amide bonds. The van der Waals surface area contributed by atoms with Gasteiger partial charge in [0.25, 0.3) is 0 Å². The molecule has 4 aromatic carbocycles.